The third-order valence-corrected chi connectivity index (χ3v) is 5.94. The Balaban J connectivity index is 1.58. The standard InChI is InChI=1S/C30H32N2O8/c1-18-23(39-28(35)38-18)16-37-27(34)24-25(30(5,6)36)31-17-32(24)15-19-11-13-20(14-12-19)21-9-7-8-10-22(21)26(33)40-29(2,3)4/h7-14,17,36H,15-16H2,1-6H3. The van der Waals surface area contributed by atoms with Crippen LogP contribution in [-0.2, 0) is 28.2 Å². The predicted octanol–water partition coefficient (Wildman–Crippen LogP) is 4.99. The molecule has 0 unspecified atom stereocenters. The number of carbonyl (C=O) groups excluding carboxylic acids is 2. The molecule has 4 aromatic rings. The molecule has 2 aromatic heterocycles. The van der Waals surface area contributed by atoms with Crippen LogP contribution in [0.5, 0.6) is 0 Å². The van der Waals surface area contributed by atoms with Crippen molar-refractivity contribution in [3.63, 3.8) is 0 Å². The Morgan fingerprint density at radius 3 is 2.25 bits per heavy atom. The summed E-state index contributed by atoms with van der Waals surface area (Å²) in [5, 5.41) is 10.6. The fourth-order valence-electron chi connectivity index (χ4n) is 4.10. The molecule has 10 heteroatoms. The van der Waals surface area contributed by atoms with Gasteiger partial charge in [0.05, 0.1) is 11.9 Å². The molecule has 2 heterocycles. The molecule has 0 aliphatic rings. The van der Waals surface area contributed by atoms with Gasteiger partial charge in [-0.15, -0.1) is 0 Å². The molecule has 0 amide bonds. The number of imidazole rings is 1. The summed E-state index contributed by atoms with van der Waals surface area (Å²) >= 11 is 0. The third-order valence-electron chi connectivity index (χ3n) is 5.94. The van der Waals surface area contributed by atoms with Gasteiger partial charge >= 0.3 is 17.8 Å². The Morgan fingerprint density at radius 1 is 0.975 bits per heavy atom. The van der Waals surface area contributed by atoms with Crippen LogP contribution in [-0.4, -0.2) is 32.2 Å². The molecular formula is C30H32N2O8. The maximum absolute atomic E-state index is 13.1. The van der Waals surface area contributed by atoms with E-state index in [0.29, 0.717) is 5.56 Å². The summed E-state index contributed by atoms with van der Waals surface area (Å²) in [6, 6.07) is 14.8. The van der Waals surface area contributed by atoms with Crippen LogP contribution in [0.4, 0.5) is 0 Å². The summed E-state index contributed by atoms with van der Waals surface area (Å²) < 4.78 is 22.2. The van der Waals surface area contributed by atoms with Gasteiger partial charge in [0, 0.05) is 6.54 Å². The monoisotopic (exact) mass is 548 g/mol. The van der Waals surface area contributed by atoms with Gasteiger partial charge in [-0.1, -0.05) is 42.5 Å². The van der Waals surface area contributed by atoms with Gasteiger partial charge in [0.25, 0.3) is 0 Å². The Morgan fingerprint density at radius 2 is 1.65 bits per heavy atom. The maximum Gasteiger partial charge on any atom is 0.519 e. The first-order chi connectivity index (χ1) is 18.7. The van der Waals surface area contributed by atoms with E-state index in [1.807, 2.05) is 57.2 Å². The van der Waals surface area contributed by atoms with Crippen LogP contribution in [0.3, 0.4) is 0 Å². The van der Waals surface area contributed by atoms with Crippen LogP contribution >= 0.6 is 0 Å². The highest BCUT2D eigenvalue weighted by Crippen LogP contribution is 2.28. The lowest BCUT2D eigenvalue weighted by Crippen LogP contribution is -2.24. The zero-order valence-electron chi connectivity index (χ0n) is 23.3. The lowest BCUT2D eigenvalue weighted by Gasteiger charge is -2.20. The zero-order valence-corrected chi connectivity index (χ0v) is 23.3. The van der Waals surface area contributed by atoms with E-state index in [1.54, 1.807) is 16.7 Å². The van der Waals surface area contributed by atoms with E-state index < -0.39 is 29.0 Å². The normalized spacial score (nSPS) is 11.9. The molecule has 2 aromatic carbocycles. The van der Waals surface area contributed by atoms with Gasteiger partial charge in [0.1, 0.15) is 16.9 Å². The Labute approximate surface area is 231 Å². The summed E-state index contributed by atoms with van der Waals surface area (Å²) in [5.74, 6) is -1.74. The third kappa shape index (κ3) is 6.58. The fourth-order valence-corrected chi connectivity index (χ4v) is 4.10. The molecule has 0 saturated carbocycles. The van der Waals surface area contributed by atoms with Crippen molar-refractivity contribution in [3.8, 4) is 11.1 Å². The number of benzene rings is 2. The second kappa shape index (κ2) is 11.0. The number of aliphatic hydroxyl groups is 1. The number of hydrogen-bond acceptors (Lipinski definition) is 9. The highest BCUT2D eigenvalue weighted by Gasteiger charge is 2.30. The van der Waals surface area contributed by atoms with E-state index in [0.717, 1.165) is 16.7 Å². The predicted molar refractivity (Wildman–Crippen MR) is 145 cm³/mol. The van der Waals surface area contributed by atoms with Crippen molar-refractivity contribution in [1.29, 1.82) is 0 Å². The molecular weight excluding hydrogens is 516 g/mol. The van der Waals surface area contributed by atoms with Crippen molar-refractivity contribution in [3.05, 3.63) is 99.5 Å². The summed E-state index contributed by atoms with van der Waals surface area (Å²) in [6.45, 7) is 9.96. The van der Waals surface area contributed by atoms with E-state index in [1.165, 1.54) is 27.1 Å². The quantitative estimate of drug-likeness (QED) is 0.302. The number of carbonyl (C=O) groups is 2. The van der Waals surface area contributed by atoms with Gasteiger partial charge in [-0.25, -0.2) is 19.4 Å². The topological polar surface area (TPSA) is 134 Å². The average molecular weight is 549 g/mol. The largest absolute Gasteiger partial charge is 0.519 e. The summed E-state index contributed by atoms with van der Waals surface area (Å²) in [7, 11) is 0. The van der Waals surface area contributed by atoms with E-state index in [9.17, 15) is 19.5 Å². The number of nitrogens with zero attached hydrogens (tertiary/aromatic N) is 2. The smallest absolute Gasteiger partial charge is 0.456 e. The number of rotatable bonds is 8. The van der Waals surface area contributed by atoms with Crippen LogP contribution in [0.25, 0.3) is 11.1 Å². The Hall–Kier alpha value is -4.44. The minimum atomic E-state index is -1.42. The lowest BCUT2D eigenvalue weighted by atomic mass is 9.98. The van der Waals surface area contributed by atoms with Crippen LogP contribution in [0.1, 0.15) is 78.2 Å². The molecule has 10 nitrogen and oxygen atoms in total. The Kier molecular flexibility index (Phi) is 7.84. The number of aromatic nitrogens is 2. The molecule has 0 fully saturated rings. The summed E-state index contributed by atoms with van der Waals surface area (Å²) in [5.41, 5.74) is 1.02. The lowest BCUT2D eigenvalue weighted by molar-refractivity contribution is 0.00701. The first kappa shape index (κ1) is 28.6. The molecule has 0 aliphatic carbocycles. The van der Waals surface area contributed by atoms with Crippen LogP contribution < -0.4 is 5.82 Å². The number of aryl methyl sites for hydroxylation is 1. The first-order valence-electron chi connectivity index (χ1n) is 12.7. The highest BCUT2D eigenvalue weighted by molar-refractivity contribution is 5.97. The van der Waals surface area contributed by atoms with Crippen LogP contribution in [0.2, 0.25) is 0 Å². The van der Waals surface area contributed by atoms with Gasteiger partial charge < -0.3 is 28.0 Å². The van der Waals surface area contributed by atoms with Crippen molar-refractivity contribution in [2.24, 2.45) is 0 Å². The number of hydrogen-bond donors (Lipinski definition) is 1. The van der Waals surface area contributed by atoms with E-state index in [4.69, 9.17) is 18.3 Å². The second-order valence-corrected chi connectivity index (χ2v) is 10.9. The van der Waals surface area contributed by atoms with Crippen molar-refractivity contribution in [1.82, 2.24) is 9.55 Å². The molecule has 1 N–H and O–H groups in total. The molecule has 0 aliphatic heterocycles. The van der Waals surface area contributed by atoms with Crippen molar-refractivity contribution >= 4 is 11.9 Å². The summed E-state index contributed by atoms with van der Waals surface area (Å²) in [4.78, 5) is 41.5. The van der Waals surface area contributed by atoms with E-state index >= 15 is 0 Å². The average Bonchev–Trinajstić information content (AvgIpc) is 3.44. The van der Waals surface area contributed by atoms with Gasteiger partial charge in [-0.2, -0.15) is 0 Å². The minimum Gasteiger partial charge on any atom is -0.456 e. The fraction of sp³-hybridized carbons (Fsp3) is 0.333. The molecule has 0 bridgehead atoms. The van der Waals surface area contributed by atoms with Gasteiger partial charge in [0.2, 0.25) is 0 Å². The SMILES string of the molecule is Cc1oc(=O)oc1COC(=O)c1c(C(C)(C)O)ncn1Cc1ccc(-c2ccccc2C(=O)OC(C)(C)C)cc1. The molecule has 40 heavy (non-hydrogen) atoms. The van der Waals surface area contributed by atoms with E-state index in [2.05, 4.69) is 4.98 Å². The van der Waals surface area contributed by atoms with Gasteiger partial charge in [0.15, 0.2) is 23.8 Å². The van der Waals surface area contributed by atoms with Crippen LogP contribution in [0.15, 0.2) is 68.5 Å². The van der Waals surface area contributed by atoms with Crippen molar-refractivity contribution in [2.45, 2.75) is 65.9 Å². The molecule has 0 spiro atoms. The van der Waals surface area contributed by atoms with E-state index in [-0.39, 0.29) is 36.1 Å². The number of esters is 2. The second-order valence-electron chi connectivity index (χ2n) is 10.9. The highest BCUT2D eigenvalue weighted by atomic mass is 16.6. The van der Waals surface area contributed by atoms with Gasteiger partial charge in [-0.3, -0.25) is 0 Å². The Bertz CT molecular complexity index is 1580. The molecule has 4 rings (SSSR count). The molecule has 0 saturated heterocycles. The molecule has 0 atom stereocenters. The van der Waals surface area contributed by atoms with Crippen molar-refractivity contribution in [2.75, 3.05) is 0 Å². The zero-order chi connectivity index (χ0) is 29.2. The van der Waals surface area contributed by atoms with Crippen LogP contribution in [0, 0.1) is 6.92 Å². The maximum atomic E-state index is 13.1. The molecule has 210 valence electrons. The minimum absolute atomic E-state index is 0.0651. The first-order valence-corrected chi connectivity index (χ1v) is 12.7. The number of ether oxygens (including phenoxy) is 2. The summed E-state index contributed by atoms with van der Waals surface area (Å²) in [6.07, 6.45) is 1.46. The van der Waals surface area contributed by atoms with Gasteiger partial charge in [-0.05, 0) is 64.3 Å². The van der Waals surface area contributed by atoms with Crippen molar-refractivity contribution < 1.29 is 33.0 Å². The molecule has 0 radical (unpaired) electrons.